The zero-order chi connectivity index (χ0) is 6.41. The number of hydrogen-bond acceptors (Lipinski definition) is 1. The number of hydrogen-bond donors (Lipinski definition) is 0. The molecule has 0 spiro atoms. The van der Waals surface area contributed by atoms with Crippen molar-refractivity contribution in [2.24, 2.45) is 0 Å². The molecule has 0 heterocycles. The molecule has 0 aliphatic rings. The SMILES string of the molecule is [CH2]CCCN(C)CC. The Hall–Kier alpha value is -0.0400. The molecule has 0 aromatic heterocycles. The van der Waals surface area contributed by atoms with Gasteiger partial charge in [-0.1, -0.05) is 20.3 Å². The molecule has 0 aromatic rings. The van der Waals surface area contributed by atoms with Crippen LogP contribution in [0.15, 0.2) is 0 Å². The second-order valence-corrected chi connectivity index (χ2v) is 2.10. The zero-order valence-electron chi connectivity index (χ0n) is 5.98. The largest absolute Gasteiger partial charge is 0.307 e. The van der Waals surface area contributed by atoms with Crippen molar-refractivity contribution in [3.8, 4) is 0 Å². The summed E-state index contributed by atoms with van der Waals surface area (Å²) in [5, 5.41) is 0. The van der Waals surface area contributed by atoms with Crippen LogP contribution in [0.3, 0.4) is 0 Å². The third-order valence-electron chi connectivity index (χ3n) is 1.33. The van der Waals surface area contributed by atoms with Gasteiger partial charge < -0.3 is 4.90 Å². The summed E-state index contributed by atoms with van der Waals surface area (Å²) in [4.78, 5) is 2.30. The second-order valence-electron chi connectivity index (χ2n) is 2.10. The van der Waals surface area contributed by atoms with Crippen LogP contribution in [-0.2, 0) is 0 Å². The highest BCUT2D eigenvalue weighted by atomic mass is 15.1. The van der Waals surface area contributed by atoms with Gasteiger partial charge in [-0.25, -0.2) is 0 Å². The molecule has 0 fully saturated rings. The summed E-state index contributed by atoms with van der Waals surface area (Å²) >= 11 is 0. The number of rotatable bonds is 4. The van der Waals surface area contributed by atoms with E-state index in [0.717, 1.165) is 13.0 Å². The molecule has 0 saturated heterocycles. The second kappa shape index (κ2) is 5.10. The minimum Gasteiger partial charge on any atom is -0.307 e. The van der Waals surface area contributed by atoms with Crippen molar-refractivity contribution in [1.82, 2.24) is 4.90 Å². The standard InChI is InChI=1S/C7H16N/c1-4-6-7-8(3)5-2/h1,4-7H2,2-3H3. The van der Waals surface area contributed by atoms with Crippen LogP contribution >= 0.6 is 0 Å². The Morgan fingerprint density at radius 3 is 2.50 bits per heavy atom. The van der Waals surface area contributed by atoms with E-state index in [1.165, 1.54) is 13.0 Å². The van der Waals surface area contributed by atoms with Crippen molar-refractivity contribution in [2.45, 2.75) is 19.8 Å². The van der Waals surface area contributed by atoms with Crippen LogP contribution in [0.5, 0.6) is 0 Å². The predicted octanol–water partition coefficient (Wildman–Crippen LogP) is 1.55. The summed E-state index contributed by atoms with van der Waals surface area (Å²) in [6, 6.07) is 0. The van der Waals surface area contributed by atoms with Crippen molar-refractivity contribution in [1.29, 1.82) is 0 Å². The predicted molar refractivity (Wildman–Crippen MR) is 37.8 cm³/mol. The fourth-order valence-corrected chi connectivity index (χ4v) is 0.540. The molecule has 0 aliphatic carbocycles. The van der Waals surface area contributed by atoms with E-state index < -0.39 is 0 Å². The molecule has 0 bridgehead atoms. The maximum Gasteiger partial charge on any atom is -0.00219 e. The van der Waals surface area contributed by atoms with Crippen LogP contribution in [0, 0.1) is 6.92 Å². The maximum atomic E-state index is 3.77. The average molecular weight is 114 g/mol. The molecule has 49 valence electrons. The van der Waals surface area contributed by atoms with E-state index in [1.807, 2.05) is 0 Å². The minimum atomic E-state index is 1.06. The molecular weight excluding hydrogens is 98.1 g/mol. The van der Waals surface area contributed by atoms with Gasteiger partial charge in [0.05, 0.1) is 0 Å². The summed E-state index contributed by atoms with van der Waals surface area (Å²) in [7, 11) is 2.13. The first-order valence-electron chi connectivity index (χ1n) is 3.29. The zero-order valence-corrected chi connectivity index (χ0v) is 5.98. The van der Waals surface area contributed by atoms with E-state index in [2.05, 4.69) is 25.8 Å². The van der Waals surface area contributed by atoms with E-state index in [0.29, 0.717) is 0 Å². The average Bonchev–Trinajstić information content (AvgIpc) is 1.83. The van der Waals surface area contributed by atoms with Crippen LogP contribution in [0.2, 0.25) is 0 Å². The number of unbranched alkanes of at least 4 members (excludes halogenated alkanes) is 1. The lowest BCUT2D eigenvalue weighted by Crippen LogP contribution is -2.18. The fourth-order valence-electron chi connectivity index (χ4n) is 0.540. The van der Waals surface area contributed by atoms with Crippen molar-refractivity contribution < 1.29 is 0 Å². The Morgan fingerprint density at radius 2 is 2.12 bits per heavy atom. The van der Waals surface area contributed by atoms with E-state index in [1.54, 1.807) is 0 Å². The van der Waals surface area contributed by atoms with Crippen molar-refractivity contribution in [2.75, 3.05) is 20.1 Å². The van der Waals surface area contributed by atoms with Crippen LogP contribution in [0.4, 0.5) is 0 Å². The summed E-state index contributed by atoms with van der Waals surface area (Å²) in [5.41, 5.74) is 0. The monoisotopic (exact) mass is 114 g/mol. The molecule has 0 rings (SSSR count). The van der Waals surface area contributed by atoms with Crippen molar-refractivity contribution >= 4 is 0 Å². The normalized spacial score (nSPS) is 10.5. The van der Waals surface area contributed by atoms with Crippen LogP contribution in [0.1, 0.15) is 19.8 Å². The smallest absolute Gasteiger partial charge is 0.00219 e. The summed E-state index contributed by atoms with van der Waals surface area (Å²) < 4.78 is 0. The van der Waals surface area contributed by atoms with Gasteiger partial charge in [0.1, 0.15) is 0 Å². The molecule has 0 unspecified atom stereocenters. The molecule has 0 N–H and O–H groups in total. The maximum absolute atomic E-state index is 3.77. The molecule has 0 atom stereocenters. The molecule has 0 amide bonds. The highest BCUT2D eigenvalue weighted by Crippen LogP contribution is 1.88. The third-order valence-corrected chi connectivity index (χ3v) is 1.33. The van der Waals surface area contributed by atoms with Crippen LogP contribution in [-0.4, -0.2) is 25.0 Å². The van der Waals surface area contributed by atoms with E-state index in [4.69, 9.17) is 0 Å². The molecule has 1 radical (unpaired) electrons. The van der Waals surface area contributed by atoms with Gasteiger partial charge in [0, 0.05) is 0 Å². The first kappa shape index (κ1) is 7.96. The summed E-state index contributed by atoms with van der Waals surface area (Å²) in [6.45, 7) is 8.28. The Kier molecular flexibility index (Phi) is 5.08. The van der Waals surface area contributed by atoms with Crippen molar-refractivity contribution in [3.63, 3.8) is 0 Å². The highest BCUT2D eigenvalue weighted by molar-refractivity contribution is 4.48. The van der Waals surface area contributed by atoms with Gasteiger partial charge >= 0.3 is 0 Å². The first-order valence-corrected chi connectivity index (χ1v) is 3.29. The lowest BCUT2D eigenvalue weighted by Gasteiger charge is -2.11. The van der Waals surface area contributed by atoms with Crippen LogP contribution in [0.25, 0.3) is 0 Å². The van der Waals surface area contributed by atoms with Crippen LogP contribution < -0.4 is 0 Å². The van der Waals surface area contributed by atoms with E-state index in [-0.39, 0.29) is 0 Å². The van der Waals surface area contributed by atoms with Gasteiger partial charge in [-0.05, 0) is 26.6 Å². The molecule has 1 heteroatoms. The highest BCUT2D eigenvalue weighted by Gasteiger charge is 1.89. The van der Waals surface area contributed by atoms with Gasteiger partial charge in [0.25, 0.3) is 0 Å². The Labute approximate surface area is 52.7 Å². The van der Waals surface area contributed by atoms with Gasteiger partial charge in [-0.15, -0.1) is 0 Å². The van der Waals surface area contributed by atoms with E-state index >= 15 is 0 Å². The Bertz CT molecular complexity index is 43.7. The molecule has 0 saturated carbocycles. The van der Waals surface area contributed by atoms with Gasteiger partial charge in [0.2, 0.25) is 0 Å². The van der Waals surface area contributed by atoms with Gasteiger partial charge in [0.15, 0.2) is 0 Å². The Balaban J connectivity index is 2.86. The molecule has 0 aromatic carbocycles. The summed E-state index contributed by atoms with van der Waals surface area (Å²) in [6.07, 6.45) is 2.29. The molecular formula is C7H16N. The van der Waals surface area contributed by atoms with Gasteiger partial charge in [-0.2, -0.15) is 0 Å². The quantitative estimate of drug-likeness (QED) is 0.536. The van der Waals surface area contributed by atoms with E-state index in [9.17, 15) is 0 Å². The first-order chi connectivity index (χ1) is 3.81. The lowest BCUT2D eigenvalue weighted by molar-refractivity contribution is 0.348. The fraction of sp³-hybridized carbons (Fsp3) is 0.857. The van der Waals surface area contributed by atoms with Crippen molar-refractivity contribution in [3.05, 3.63) is 6.92 Å². The third kappa shape index (κ3) is 4.13. The topological polar surface area (TPSA) is 3.24 Å². The minimum absolute atomic E-state index is 1.06. The molecule has 1 nitrogen and oxygen atoms in total. The van der Waals surface area contributed by atoms with Gasteiger partial charge in [-0.3, -0.25) is 0 Å². The Morgan fingerprint density at radius 1 is 1.50 bits per heavy atom. The lowest BCUT2D eigenvalue weighted by atomic mass is 10.3. The summed E-state index contributed by atoms with van der Waals surface area (Å²) in [5.74, 6) is 0. The molecule has 0 aliphatic heterocycles. The molecule has 8 heavy (non-hydrogen) atoms. The number of nitrogens with zero attached hydrogens (tertiary/aromatic N) is 1.